The molecule has 2 aliphatic carbocycles. The highest BCUT2D eigenvalue weighted by Gasteiger charge is 2.50. The molecule has 0 radical (unpaired) electrons. The maximum Gasteiger partial charge on any atom is 0.171 e. The highest BCUT2D eigenvalue weighted by atomic mass is 79.9. The summed E-state index contributed by atoms with van der Waals surface area (Å²) < 4.78 is 2.57. The average molecular weight is 337 g/mol. The van der Waals surface area contributed by atoms with Crippen molar-refractivity contribution in [1.29, 1.82) is 0 Å². The Labute approximate surface area is 125 Å². The van der Waals surface area contributed by atoms with E-state index in [0.29, 0.717) is 5.82 Å². The maximum atomic E-state index is 9.80. The molecule has 0 bridgehead atoms. The van der Waals surface area contributed by atoms with Crippen molar-refractivity contribution in [3.63, 3.8) is 0 Å². The number of halogens is 1. The molecule has 2 heterocycles. The van der Waals surface area contributed by atoms with Crippen LogP contribution in [0.5, 0.6) is 0 Å². The Balaban J connectivity index is 2.01. The number of aliphatic hydroxyl groups is 1. The molecule has 1 unspecified atom stereocenters. The maximum absolute atomic E-state index is 9.80. The summed E-state index contributed by atoms with van der Waals surface area (Å²) in [7, 11) is 0. The number of nitrogens with two attached hydrogens (primary N) is 1. The van der Waals surface area contributed by atoms with Crippen LogP contribution in [0.15, 0.2) is 10.7 Å². The lowest BCUT2D eigenvalue weighted by Crippen LogP contribution is -2.31. The molecule has 4 rings (SSSR count). The molecule has 1 fully saturated rings. The number of nitrogens with zero attached hydrogens (tertiary/aromatic N) is 3. The number of hydrogen-bond donors (Lipinski definition) is 2. The van der Waals surface area contributed by atoms with Gasteiger partial charge in [0.15, 0.2) is 5.65 Å². The molecular formula is C14H17BrN4O. The number of aromatic nitrogens is 3. The molecule has 2 aromatic rings. The van der Waals surface area contributed by atoms with Crippen molar-refractivity contribution in [2.45, 2.75) is 37.5 Å². The zero-order valence-electron chi connectivity index (χ0n) is 11.1. The minimum atomic E-state index is 0.0314. The highest BCUT2D eigenvalue weighted by Crippen LogP contribution is 2.53. The largest absolute Gasteiger partial charge is 0.396 e. The van der Waals surface area contributed by atoms with Crippen molar-refractivity contribution in [2.75, 3.05) is 12.3 Å². The molecule has 0 aliphatic heterocycles. The Bertz CT molecular complexity index is 690. The fourth-order valence-corrected chi connectivity index (χ4v) is 4.51. The van der Waals surface area contributed by atoms with Crippen LogP contribution in [0.1, 0.15) is 36.9 Å². The smallest absolute Gasteiger partial charge is 0.171 e. The second-order valence-electron chi connectivity index (χ2n) is 6.00. The SMILES string of the molecule is Nc1c2c(nc3c(Br)cnn13)C1(CCCC1)C(CO)C2. The predicted octanol–water partition coefficient (Wildman–Crippen LogP) is 2.05. The van der Waals surface area contributed by atoms with E-state index in [9.17, 15) is 5.11 Å². The van der Waals surface area contributed by atoms with Gasteiger partial charge in [0.2, 0.25) is 0 Å². The van der Waals surface area contributed by atoms with Crippen molar-refractivity contribution in [3.8, 4) is 0 Å². The van der Waals surface area contributed by atoms with Crippen LogP contribution in [0, 0.1) is 5.92 Å². The van der Waals surface area contributed by atoms with Crippen LogP contribution < -0.4 is 5.73 Å². The molecule has 2 aliphatic rings. The lowest BCUT2D eigenvalue weighted by molar-refractivity contribution is 0.162. The average Bonchev–Trinajstić information content (AvgIpc) is 3.13. The number of hydrogen-bond acceptors (Lipinski definition) is 4. The van der Waals surface area contributed by atoms with Gasteiger partial charge in [-0.25, -0.2) is 4.98 Å². The molecule has 2 aromatic heterocycles. The molecule has 6 heteroatoms. The first kappa shape index (κ1) is 12.6. The van der Waals surface area contributed by atoms with Gasteiger partial charge in [-0.1, -0.05) is 12.8 Å². The Morgan fingerprint density at radius 1 is 1.45 bits per heavy atom. The van der Waals surface area contributed by atoms with Crippen LogP contribution in [0.25, 0.3) is 5.65 Å². The molecule has 0 saturated heterocycles. The summed E-state index contributed by atoms with van der Waals surface area (Å²) in [5.41, 5.74) is 9.33. The van der Waals surface area contributed by atoms with Gasteiger partial charge >= 0.3 is 0 Å². The van der Waals surface area contributed by atoms with Gasteiger partial charge in [0.1, 0.15) is 5.82 Å². The summed E-state index contributed by atoms with van der Waals surface area (Å²) in [6, 6.07) is 0. The summed E-state index contributed by atoms with van der Waals surface area (Å²) in [6.07, 6.45) is 7.20. The predicted molar refractivity (Wildman–Crippen MR) is 79.5 cm³/mol. The standard InChI is InChI=1S/C14H17BrN4O/c15-10-6-17-19-12(16)9-5-8(7-20)14(3-1-2-4-14)11(9)18-13(10)19/h6,8,20H,1-5,7,16H2. The number of nitrogen functional groups attached to an aromatic ring is 1. The first-order valence-electron chi connectivity index (χ1n) is 7.10. The van der Waals surface area contributed by atoms with E-state index < -0.39 is 0 Å². The molecule has 1 saturated carbocycles. The first-order chi connectivity index (χ1) is 9.67. The fraction of sp³-hybridized carbons (Fsp3) is 0.571. The van der Waals surface area contributed by atoms with Crippen molar-refractivity contribution in [3.05, 3.63) is 21.9 Å². The first-order valence-corrected chi connectivity index (χ1v) is 7.89. The van der Waals surface area contributed by atoms with Crippen molar-refractivity contribution in [1.82, 2.24) is 14.6 Å². The highest BCUT2D eigenvalue weighted by molar-refractivity contribution is 9.10. The van der Waals surface area contributed by atoms with E-state index in [-0.39, 0.29) is 17.9 Å². The molecule has 106 valence electrons. The van der Waals surface area contributed by atoms with Gasteiger partial charge in [0.05, 0.1) is 16.4 Å². The Hall–Kier alpha value is -1.14. The van der Waals surface area contributed by atoms with Crippen LogP contribution in [0.2, 0.25) is 0 Å². The molecule has 5 nitrogen and oxygen atoms in total. The van der Waals surface area contributed by atoms with Crippen LogP contribution in [0.4, 0.5) is 5.82 Å². The van der Waals surface area contributed by atoms with Crippen LogP contribution in [-0.2, 0) is 11.8 Å². The number of aliphatic hydroxyl groups excluding tert-OH is 1. The second-order valence-corrected chi connectivity index (χ2v) is 6.85. The van der Waals surface area contributed by atoms with E-state index in [1.54, 1.807) is 10.7 Å². The van der Waals surface area contributed by atoms with Gasteiger partial charge in [-0.15, -0.1) is 0 Å². The summed E-state index contributed by atoms with van der Waals surface area (Å²) in [4.78, 5) is 4.87. The lowest BCUT2D eigenvalue weighted by Gasteiger charge is -2.30. The van der Waals surface area contributed by atoms with E-state index in [1.165, 1.54) is 12.8 Å². The van der Waals surface area contributed by atoms with Gasteiger partial charge in [-0.2, -0.15) is 9.61 Å². The van der Waals surface area contributed by atoms with Crippen LogP contribution >= 0.6 is 15.9 Å². The third-order valence-corrected chi connectivity index (χ3v) is 5.72. The van der Waals surface area contributed by atoms with Gasteiger partial charge in [-0.05, 0) is 41.1 Å². The van der Waals surface area contributed by atoms with Gasteiger partial charge < -0.3 is 10.8 Å². The summed E-state index contributed by atoms with van der Waals surface area (Å²) in [6.45, 7) is 0.208. The zero-order chi connectivity index (χ0) is 13.9. The normalized spacial score (nSPS) is 23.8. The van der Waals surface area contributed by atoms with Gasteiger partial charge in [-0.3, -0.25) is 0 Å². The summed E-state index contributed by atoms with van der Waals surface area (Å²) >= 11 is 3.49. The van der Waals surface area contributed by atoms with Crippen LogP contribution in [-0.4, -0.2) is 26.3 Å². The molecule has 1 atom stereocenters. The minimum absolute atomic E-state index is 0.0314. The number of anilines is 1. The fourth-order valence-electron chi connectivity index (χ4n) is 4.16. The third-order valence-electron chi connectivity index (χ3n) is 5.16. The van der Waals surface area contributed by atoms with Gasteiger partial charge in [0.25, 0.3) is 0 Å². The van der Waals surface area contributed by atoms with E-state index in [0.717, 1.165) is 40.6 Å². The molecular weight excluding hydrogens is 320 g/mol. The Morgan fingerprint density at radius 3 is 2.90 bits per heavy atom. The minimum Gasteiger partial charge on any atom is -0.396 e. The number of fused-ring (bicyclic) bond motifs is 3. The van der Waals surface area contributed by atoms with Crippen molar-refractivity contribution in [2.24, 2.45) is 5.92 Å². The Morgan fingerprint density at radius 2 is 2.20 bits per heavy atom. The lowest BCUT2D eigenvalue weighted by atomic mass is 9.76. The Kier molecular flexibility index (Phi) is 2.63. The molecule has 3 N–H and O–H groups in total. The molecule has 0 aromatic carbocycles. The molecule has 0 amide bonds. The quantitative estimate of drug-likeness (QED) is 0.835. The van der Waals surface area contributed by atoms with Crippen molar-refractivity contribution >= 4 is 27.4 Å². The zero-order valence-corrected chi connectivity index (χ0v) is 12.7. The van der Waals surface area contributed by atoms with Crippen molar-refractivity contribution < 1.29 is 5.11 Å². The molecule has 20 heavy (non-hydrogen) atoms. The number of rotatable bonds is 1. The monoisotopic (exact) mass is 336 g/mol. The summed E-state index contributed by atoms with van der Waals surface area (Å²) in [5, 5.41) is 14.1. The second kappa shape index (κ2) is 4.18. The molecule has 1 spiro atoms. The van der Waals surface area contributed by atoms with E-state index in [4.69, 9.17) is 10.7 Å². The van der Waals surface area contributed by atoms with E-state index >= 15 is 0 Å². The van der Waals surface area contributed by atoms with Gasteiger partial charge in [0, 0.05) is 17.6 Å². The van der Waals surface area contributed by atoms with E-state index in [1.807, 2.05) is 0 Å². The van der Waals surface area contributed by atoms with E-state index in [2.05, 4.69) is 21.0 Å². The van der Waals surface area contributed by atoms with Crippen LogP contribution in [0.3, 0.4) is 0 Å². The summed E-state index contributed by atoms with van der Waals surface area (Å²) in [5.74, 6) is 0.929. The third kappa shape index (κ3) is 1.41. The topological polar surface area (TPSA) is 76.4 Å².